The van der Waals surface area contributed by atoms with Crippen molar-refractivity contribution in [2.45, 2.75) is 24.3 Å². The highest BCUT2D eigenvalue weighted by molar-refractivity contribution is 6.31. The van der Waals surface area contributed by atoms with Crippen molar-refractivity contribution in [3.05, 3.63) is 69.7 Å². The van der Waals surface area contributed by atoms with Crippen LogP contribution < -0.4 is 0 Å². The van der Waals surface area contributed by atoms with Crippen LogP contribution in [-0.2, 0) is 24.5 Å². The molecule has 2 aromatic carbocycles. The standard InChI is InChI=1S/C25H28Cl2N2O4/c1-32-23(30)22(20-7-2-3-8-21(20)27)28-11-13-29(14-12-28)24(31)25(9-15-33-16-10-25)18-5-4-6-19(26)17-18/h2-8,17,22H,9-16H2,1H3. The lowest BCUT2D eigenvalue weighted by molar-refractivity contribution is -0.150. The lowest BCUT2D eigenvalue weighted by atomic mass is 9.73. The van der Waals surface area contributed by atoms with Crippen LogP contribution in [0.5, 0.6) is 0 Å². The predicted molar refractivity (Wildman–Crippen MR) is 128 cm³/mol. The van der Waals surface area contributed by atoms with Crippen molar-refractivity contribution in [3.63, 3.8) is 0 Å². The van der Waals surface area contributed by atoms with E-state index < -0.39 is 11.5 Å². The first kappa shape index (κ1) is 24.0. The van der Waals surface area contributed by atoms with Crippen molar-refractivity contribution in [1.82, 2.24) is 9.80 Å². The maximum atomic E-state index is 13.9. The van der Waals surface area contributed by atoms with E-state index in [4.69, 9.17) is 32.7 Å². The van der Waals surface area contributed by atoms with Gasteiger partial charge in [0, 0.05) is 49.4 Å². The Bertz CT molecular complexity index is 1000. The third kappa shape index (κ3) is 4.90. The summed E-state index contributed by atoms with van der Waals surface area (Å²) in [4.78, 5) is 30.5. The molecule has 0 N–H and O–H groups in total. The first-order chi connectivity index (χ1) is 16.0. The molecule has 0 aromatic heterocycles. The average Bonchev–Trinajstić information content (AvgIpc) is 2.85. The van der Waals surface area contributed by atoms with Gasteiger partial charge in [-0.1, -0.05) is 53.5 Å². The molecule has 8 heteroatoms. The number of ether oxygens (including phenoxy) is 2. The monoisotopic (exact) mass is 490 g/mol. The number of benzene rings is 2. The number of rotatable bonds is 5. The number of hydrogen-bond acceptors (Lipinski definition) is 5. The Morgan fingerprint density at radius 3 is 2.33 bits per heavy atom. The van der Waals surface area contributed by atoms with Gasteiger partial charge in [-0.25, -0.2) is 4.79 Å². The van der Waals surface area contributed by atoms with E-state index in [0.717, 1.165) is 5.56 Å². The predicted octanol–water partition coefficient (Wildman–Crippen LogP) is 4.10. The number of carbonyl (C=O) groups is 2. The smallest absolute Gasteiger partial charge is 0.327 e. The van der Waals surface area contributed by atoms with Crippen LogP contribution in [0.25, 0.3) is 0 Å². The summed E-state index contributed by atoms with van der Waals surface area (Å²) >= 11 is 12.7. The summed E-state index contributed by atoms with van der Waals surface area (Å²) in [6.45, 7) is 3.18. The number of piperazine rings is 1. The number of hydrogen-bond donors (Lipinski definition) is 0. The van der Waals surface area contributed by atoms with Crippen LogP contribution in [0, 0.1) is 0 Å². The molecule has 2 aromatic rings. The van der Waals surface area contributed by atoms with Crippen LogP contribution in [0.1, 0.15) is 30.0 Å². The largest absolute Gasteiger partial charge is 0.468 e. The van der Waals surface area contributed by atoms with Crippen LogP contribution in [0.2, 0.25) is 10.0 Å². The normalized spacial score (nSPS) is 19.7. The fraction of sp³-hybridized carbons (Fsp3) is 0.440. The van der Waals surface area contributed by atoms with Crippen molar-refractivity contribution in [1.29, 1.82) is 0 Å². The number of nitrogens with zero attached hydrogens (tertiary/aromatic N) is 2. The minimum Gasteiger partial charge on any atom is -0.468 e. The summed E-state index contributed by atoms with van der Waals surface area (Å²) in [5.41, 5.74) is 1.01. The van der Waals surface area contributed by atoms with Gasteiger partial charge < -0.3 is 14.4 Å². The minimum atomic E-state index is -0.643. The van der Waals surface area contributed by atoms with Crippen LogP contribution in [0.15, 0.2) is 48.5 Å². The summed E-state index contributed by atoms with van der Waals surface area (Å²) < 4.78 is 10.7. The first-order valence-electron chi connectivity index (χ1n) is 11.2. The summed E-state index contributed by atoms with van der Waals surface area (Å²) in [7, 11) is 1.38. The lowest BCUT2D eigenvalue weighted by Crippen LogP contribution is -2.57. The number of methoxy groups -OCH3 is 1. The maximum absolute atomic E-state index is 13.9. The van der Waals surface area contributed by atoms with Gasteiger partial charge in [-0.15, -0.1) is 0 Å². The first-order valence-corrected chi connectivity index (χ1v) is 11.9. The second-order valence-corrected chi connectivity index (χ2v) is 9.32. The van der Waals surface area contributed by atoms with Gasteiger partial charge >= 0.3 is 5.97 Å². The molecule has 0 spiro atoms. The highest BCUT2D eigenvalue weighted by Gasteiger charge is 2.45. The molecular weight excluding hydrogens is 463 g/mol. The Hall–Kier alpha value is -2.12. The fourth-order valence-corrected chi connectivity index (χ4v) is 5.33. The summed E-state index contributed by atoms with van der Waals surface area (Å²) in [5, 5.41) is 1.14. The minimum absolute atomic E-state index is 0.0973. The highest BCUT2D eigenvalue weighted by atomic mass is 35.5. The van der Waals surface area contributed by atoms with Gasteiger partial charge in [0.1, 0.15) is 6.04 Å². The molecule has 1 amide bonds. The van der Waals surface area contributed by atoms with Gasteiger partial charge in [-0.2, -0.15) is 0 Å². The van der Waals surface area contributed by atoms with E-state index in [0.29, 0.717) is 67.8 Å². The van der Waals surface area contributed by atoms with Crippen molar-refractivity contribution in [2.24, 2.45) is 0 Å². The van der Waals surface area contributed by atoms with Crippen molar-refractivity contribution in [2.75, 3.05) is 46.5 Å². The van der Waals surface area contributed by atoms with Gasteiger partial charge in [0.2, 0.25) is 5.91 Å². The highest BCUT2D eigenvalue weighted by Crippen LogP contribution is 2.38. The molecule has 1 atom stereocenters. The quantitative estimate of drug-likeness (QED) is 0.590. The van der Waals surface area contributed by atoms with Gasteiger partial charge in [0.15, 0.2) is 0 Å². The van der Waals surface area contributed by atoms with Crippen LogP contribution in [-0.4, -0.2) is 68.2 Å². The molecular formula is C25H28Cl2N2O4. The van der Waals surface area contributed by atoms with Gasteiger partial charge in [-0.05, 0) is 42.2 Å². The number of esters is 1. The molecule has 33 heavy (non-hydrogen) atoms. The zero-order valence-corrected chi connectivity index (χ0v) is 20.1. The fourth-order valence-electron chi connectivity index (χ4n) is 4.90. The Kier molecular flexibility index (Phi) is 7.59. The number of carbonyl (C=O) groups excluding carboxylic acids is 2. The van der Waals surface area contributed by atoms with Crippen LogP contribution in [0.3, 0.4) is 0 Å². The van der Waals surface area contributed by atoms with Gasteiger partial charge in [0.05, 0.1) is 12.5 Å². The second-order valence-electron chi connectivity index (χ2n) is 8.48. The molecule has 0 aliphatic carbocycles. The molecule has 2 saturated heterocycles. The molecule has 2 aliphatic heterocycles. The van der Waals surface area contributed by atoms with E-state index in [1.54, 1.807) is 6.07 Å². The third-order valence-corrected chi connectivity index (χ3v) is 7.30. The molecule has 1 unspecified atom stereocenters. The topological polar surface area (TPSA) is 59.1 Å². The van der Waals surface area contributed by atoms with Crippen LogP contribution in [0.4, 0.5) is 0 Å². The summed E-state index contributed by atoms with van der Waals surface area (Å²) in [6.07, 6.45) is 1.24. The number of amides is 1. The second kappa shape index (κ2) is 10.4. The van der Waals surface area contributed by atoms with E-state index in [1.807, 2.05) is 52.3 Å². The summed E-state index contributed by atoms with van der Waals surface area (Å²) in [5.74, 6) is -0.261. The lowest BCUT2D eigenvalue weighted by Gasteiger charge is -2.44. The molecule has 0 saturated carbocycles. The number of halogens is 2. The Labute approximate surface area is 204 Å². The van der Waals surface area contributed by atoms with Crippen LogP contribution >= 0.6 is 23.2 Å². The Morgan fingerprint density at radius 1 is 1.00 bits per heavy atom. The van der Waals surface area contributed by atoms with E-state index >= 15 is 0 Å². The Balaban J connectivity index is 1.54. The zero-order chi connectivity index (χ0) is 23.4. The molecule has 176 valence electrons. The molecule has 0 radical (unpaired) electrons. The van der Waals surface area contributed by atoms with Crippen molar-refractivity contribution < 1.29 is 19.1 Å². The average molecular weight is 491 g/mol. The molecule has 6 nitrogen and oxygen atoms in total. The third-order valence-electron chi connectivity index (χ3n) is 6.72. The molecule has 0 bridgehead atoms. The van der Waals surface area contributed by atoms with E-state index in [-0.39, 0.29) is 11.9 Å². The molecule has 2 fully saturated rings. The Morgan fingerprint density at radius 2 is 1.70 bits per heavy atom. The van der Waals surface area contributed by atoms with Gasteiger partial charge in [0.25, 0.3) is 0 Å². The van der Waals surface area contributed by atoms with Crippen molar-refractivity contribution in [3.8, 4) is 0 Å². The zero-order valence-electron chi connectivity index (χ0n) is 18.6. The van der Waals surface area contributed by atoms with E-state index in [2.05, 4.69) is 0 Å². The SMILES string of the molecule is COC(=O)C(c1ccccc1Cl)N1CCN(C(=O)C2(c3cccc(Cl)c3)CCOCC2)CC1. The van der Waals surface area contributed by atoms with Crippen molar-refractivity contribution >= 4 is 35.1 Å². The van der Waals surface area contributed by atoms with E-state index in [1.165, 1.54) is 7.11 Å². The molecule has 4 rings (SSSR count). The maximum Gasteiger partial charge on any atom is 0.327 e. The molecule has 2 aliphatic rings. The molecule has 2 heterocycles. The van der Waals surface area contributed by atoms with E-state index in [9.17, 15) is 9.59 Å². The van der Waals surface area contributed by atoms with Gasteiger partial charge in [-0.3, -0.25) is 9.69 Å². The summed E-state index contributed by atoms with van der Waals surface area (Å²) in [6, 6.07) is 14.3.